The summed E-state index contributed by atoms with van der Waals surface area (Å²) in [5.41, 5.74) is 1.29. The lowest BCUT2D eigenvalue weighted by Crippen LogP contribution is -2.20. The summed E-state index contributed by atoms with van der Waals surface area (Å²) in [4.78, 5) is 0. The second-order valence-electron chi connectivity index (χ2n) is 4.99. The highest BCUT2D eigenvalue weighted by Gasteiger charge is 2.32. The summed E-state index contributed by atoms with van der Waals surface area (Å²) >= 11 is 0. The van der Waals surface area contributed by atoms with Crippen LogP contribution >= 0.6 is 0 Å². The number of nitrogens with zero attached hydrogens (tertiary/aromatic N) is 2. The molecule has 3 rings (SSSR count). The van der Waals surface area contributed by atoms with Gasteiger partial charge in [-0.15, -0.1) is 13.2 Å². The normalized spacial score (nSPS) is 17.6. The first-order chi connectivity index (χ1) is 10.9. The van der Waals surface area contributed by atoms with Gasteiger partial charge in [0.1, 0.15) is 11.6 Å². The van der Waals surface area contributed by atoms with Crippen LogP contribution in [0.3, 0.4) is 0 Å². The molecular weight excluding hydrogens is 312 g/mol. The first-order valence-electron chi connectivity index (χ1n) is 6.85. The molecule has 0 N–H and O–H groups in total. The van der Waals surface area contributed by atoms with Crippen LogP contribution in [0.15, 0.2) is 53.6 Å². The van der Waals surface area contributed by atoms with Gasteiger partial charge < -0.3 is 4.74 Å². The van der Waals surface area contributed by atoms with Gasteiger partial charge in [-0.2, -0.15) is 5.10 Å². The van der Waals surface area contributed by atoms with E-state index >= 15 is 0 Å². The van der Waals surface area contributed by atoms with Crippen LogP contribution in [0.4, 0.5) is 23.2 Å². The molecule has 2 aromatic rings. The van der Waals surface area contributed by atoms with Gasteiger partial charge in [-0.05, 0) is 42.0 Å². The zero-order valence-electron chi connectivity index (χ0n) is 11.8. The van der Waals surface area contributed by atoms with Gasteiger partial charge in [0, 0.05) is 12.6 Å². The summed E-state index contributed by atoms with van der Waals surface area (Å²) in [6.45, 7) is 0. The minimum Gasteiger partial charge on any atom is -0.406 e. The summed E-state index contributed by atoms with van der Waals surface area (Å²) in [5.74, 6) is -0.644. The highest BCUT2D eigenvalue weighted by Crippen LogP contribution is 2.35. The lowest BCUT2D eigenvalue weighted by molar-refractivity contribution is -0.274. The molecule has 0 aromatic heterocycles. The van der Waals surface area contributed by atoms with Gasteiger partial charge in [0.05, 0.1) is 11.7 Å². The number of alkyl halides is 3. The van der Waals surface area contributed by atoms with Crippen molar-refractivity contribution < 1.29 is 22.3 Å². The molecule has 2 aromatic carbocycles. The maximum atomic E-state index is 13.0. The van der Waals surface area contributed by atoms with Crippen molar-refractivity contribution in [3.8, 4) is 5.75 Å². The first kappa shape index (κ1) is 15.3. The Bertz CT molecular complexity index is 713. The van der Waals surface area contributed by atoms with Crippen LogP contribution in [-0.2, 0) is 0 Å². The lowest BCUT2D eigenvalue weighted by atomic mass is 10.0. The van der Waals surface area contributed by atoms with E-state index in [1.54, 1.807) is 29.4 Å². The molecule has 3 nitrogen and oxygen atoms in total. The van der Waals surface area contributed by atoms with Crippen LogP contribution in [0.1, 0.15) is 18.0 Å². The molecule has 0 amide bonds. The fourth-order valence-corrected chi connectivity index (χ4v) is 2.45. The van der Waals surface area contributed by atoms with Crippen LogP contribution in [0.25, 0.3) is 0 Å². The smallest absolute Gasteiger partial charge is 0.406 e. The SMILES string of the molecule is Fc1ccc(N2N=CCC2c2cccc(OC(F)(F)F)c2)cc1. The number of hydrazone groups is 1. The van der Waals surface area contributed by atoms with Crippen molar-refractivity contribution in [1.29, 1.82) is 0 Å². The molecule has 1 atom stereocenters. The van der Waals surface area contributed by atoms with Gasteiger partial charge in [-0.25, -0.2) is 4.39 Å². The molecule has 0 saturated carbocycles. The van der Waals surface area contributed by atoms with Gasteiger partial charge in [-0.1, -0.05) is 12.1 Å². The highest BCUT2D eigenvalue weighted by molar-refractivity contribution is 5.68. The second-order valence-corrected chi connectivity index (χ2v) is 4.99. The Labute approximate surface area is 129 Å². The maximum Gasteiger partial charge on any atom is 0.573 e. The number of hydrogen-bond donors (Lipinski definition) is 0. The molecule has 120 valence electrons. The topological polar surface area (TPSA) is 24.8 Å². The molecule has 0 radical (unpaired) electrons. The van der Waals surface area contributed by atoms with Gasteiger partial charge in [0.15, 0.2) is 0 Å². The third-order valence-electron chi connectivity index (χ3n) is 3.40. The highest BCUT2D eigenvalue weighted by atomic mass is 19.4. The van der Waals surface area contributed by atoms with Crippen molar-refractivity contribution in [3.63, 3.8) is 0 Å². The molecule has 1 unspecified atom stereocenters. The van der Waals surface area contributed by atoms with Crippen LogP contribution in [0.2, 0.25) is 0 Å². The summed E-state index contributed by atoms with van der Waals surface area (Å²) in [5, 5.41) is 5.87. The van der Waals surface area contributed by atoms with Gasteiger partial charge >= 0.3 is 6.36 Å². The average molecular weight is 324 g/mol. The number of anilines is 1. The van der Waals surface area contributed by atoms with E-state index in [-0.39, 0.29) is 17.6 Å². The number of ether oxygens (including phenoxy) is 1. The first-order valence-corrected chi connectivity index (χ1v) is 6.85. The third kappa shape index (κ3) is 3.61. The largest absolute Gasteiger partial charge is 0.573 e. The second kappa shape index (κ2) is 5.91. The van der Waals surface area contributed by atoms with Crippen LogP contribution < -0.4 is 9.75 Å². The quantitative estimate of drug-likeness (QED) is 0.767. The molecule has 0 bridgehead atoms. The monoisotopic (exact) mass is 324 g/mol. The fourth-order valence-electron chi connectivity index (χ4n) is 2.45. The van der Waals surface area contributed by atoms with Gasteiger partial charge in [-0.3, -0.25) is 5.01 Å². The van der Waals surface area contributed by atoms with E-state index in [2.05, 4.69) is 9.84 Å². The molecule has 0 fully saturated rings. The molecule has 0 aliphatic carbocycles. The molecule has 1 aliphatic rings. The van der Waals surface area contributed by atoms with Crippen LogP contribution in [-0.4, -0.2) is 12.6 Å². The Hall–Kier alpha value is -2.57. The predicted molar refractivity (Wildman–Crippen MR) is 77.9 cm³/mol. The summed E-state index contributed by atoms with van der Waals surface area (Å²) in [7, 11) is 0. The van der Waals surface area contributed by atoms with Crippen molar-refractivity contribution in [1.82, 2.24) is 0 Å². The molecule has 0 spiro atoms. The Morgan fingerprint density at radius 3 is 2.52 bits per heavy atom. The Morgan fingerprint density at radius 1 is 1.09 bits per heavy atom. The number of rotatable bonds is 3. The number of halogens is 4. The van der Waals surface area contributed by atoms with Gasteiger partial charge in [0.2, 0.25) is 0 Å². The predicted octanol–water partition coefficient (Wildman–Crippen LogP) is 4.66. The van der Waals surface area contributed by atoms with Crippen molar-refractivity contribution >= 4 is 11.9 Å². The van der Waals surface area contributed by atoms with E-state index in [4.69, 9.17) is 0 Å². The maximum absolute atomic E-state index is 13.0. The van der Waals surface area contributed by atoms with E-state index in [9.17, 15) is 17.6 Å². The molecule has 0 saturated heterocycles. The summed E-state index contributed by atoms with van der Waals surface area (Å²) in [6.07, 6.45) is -2.53. The number of hydrogen-bond acceptors (Lipinski definition) is 3. The summed E-state index contributed by atoms with van der Waals surface area (Å²) in [6, 6.07) is 11.3. The van der Waals surface area contributed by atoms with E-state index in [0.717, 1.165) is 0 Å². The molecule has 7 heteroatoms. The fraction of sp³-hybridized carbons (Fsp3) is 0.188. The number of benzene rings is 2. The zero-order chi connectivity index (χ0) is 16.4. The lowest BCUT2D eigenvalue weighted by Gasteiger charge is -2.24. The third-order valence-corrected chi connectivity index (χ3v) is 3.40. The summed E-state index contributed by atoms with van der Waals surface area (Å²) < 4.78 is 54.0. The van der Waals surface area contributed by atoms with E-state index in [1.165, 1.54) is 30.3 Å². The zero-order valence-corrected chi connectivity index (χ0v) is 11.8. The van der Waals surface area contributed by atoms with Crippen LogP contribution in [0, 0.1) is 5.82 Å². The minimum atomic E-state index is -4.73. The van der Waals surface area contributed by atoms with Crippen molar-refractivity contribution in [2.24, 2.45) is 5.10 Å². The van der Waals surface area contributed by atoms with Gasteiger partial charge in [0.25, 0.3) is 0 Å². The Morgan fingerprint density at radius 2 is 1.83 bits per heavy atom. The molecule has 1 heterocycles. The van der Waals surface area contributed by atoms with E-state index in [1.807, 2.05) is 0 Å². The Balaban J connectivity index is 1.86. The molecular formula is C16H12F4N2O. The van der Waals surface area contributed by atoms with Crippen molar-refractivity contribution in [3.05, 3.63) is 59.9 Å². The van der Waals surface area contributed by atoms with E-state index < -0.39 is 6.36 Å². The molecule has 1 aliphatic heterocycles. The van der Waals surface area contributed by atoms with Crippen molar-refractivity contribution in [2.75, 3.05) is 5.01 Å². The van der Waals surface area contributed by atoms with Crippen molar-refractivity contribution in [2.45, 2.75) is 18.8 Å². The average Bonchev–Trinajstić information content (AvgIpc) is 2.96. The standard InChI is InChI=1S/C16H12F4N2O/c17-12-4-6-13(7-5-12)22-15(8-9-21-22)11-2-1-3-14(10-11)23-16(18,19)20/h1-7,9-10,15H,8H2. The minimum absolute atomic E-state index is 0.266. The van der Waals surface area contributed by atoms with E-state index in [0.29, 0.717) is 17.7 Å². The Kier molecular flexibility index (Phi) is 3.94. The molecule has 23 heavy (non-hydrogen) atoms. The van der Waals surface area contributed by atoms with Crippen LogP contribution in [0.5, 0.6) is 5.75 Å².